The Morgan fingerprint density at radius 1 is 1.26 bits per heavy atom. The first-order chi connectivity index (χ1) is 14.7. The number of carbonyl (C=O) groups is 1. The van der Waals surface area contributed by atoms with Crippen molar-refractivity contribution < 1.29 is 13.6 Å². The van der Waals surface area contributed by atoms with E-state index in [1.54, 1.807) is 26.2 Å². The van der Waals surface area contributed by atoms with E-state index in [9.17, 15) is 13.6 Å². The van der Waals surface area contributed by atoms with E-state index in [1.165, 1.54) is 13.0 Å². The number of aryl methyl sites for hydroxylation is 1. The van der Waals surface area contributed by atoms with E-state index in [0.717, 1.165) is 12.0 Å². The van der Waals surface area contributed by atoms with Gasteiger partial charge in [-0.1, -0.05) is 13.3 Å². The standard InChI is InChI=1S/C22H36F2N6O/c1-5-6-15-9-17(16(11-25)12-28-4)18(21(23)24)10-20(15)30-22(27)13(2)19(26)7-8-29-14(3)31/h9-10,12,21-22,28,30H,5-8,11,25-27H2,1-4H3,(H,29,31)/b16-12+,19-13-. The van der Waals surface area contributed by atoms with E-state index in [4.69, 9.17) is 17.2 Å². The van der Waals surface area contributed by atoms with Crippen molar-refractivity contribution >= 4 is 17.2 Å². The molecule has 0 radical (unpaired) electrons. The Morgan fingerprint density at radius 2 is 1.94 bits per heavy atom. The van der Waals surface area contributed by atoms with Gasteiger partial charge < -0.3 is 33.2 Å². The highest BCUT2D eigenvalue weighted by atomic mass is 19.3. The maximum Gasteiger partial charge on any atom is 0.264 e. The Morgan fingerprint density at radius 3 is 2.45 bits per heavy atom. The van der Waals surface area contributed by atoms with E-state index in [-0.39, 0.29) is 18.0 Å². The number of amides is 1. The van der Waals surface area contributed by atoms with E-state index in [0.29, 0.717) is 47.5 Å². The van der Waals surface area contributed by atoms with Crippen LogP contribution >= 0.6 is 0 Å². The molecule has 9 heteroatoms. The van der Waals surface area contributed by atoms with E-state index in [2.05, 4.69) is 16.0 Å². The zero-order chi connectivity index (χ0) is 23.6. The highest BCUT2D eigenvalue weighted by Crippen LogP contribution is 2.34. The number of benzene rings is 1. The SMILES string of the molecule is CCCc1cc(/C(=C/NC)CN)c(C(F)F)cc1NC(N)/C(C)=C(\N)CCNC(C)=O. The van der Waals surface area contributed by atoms with Crippen LogP contribution in [0.25, 0.3) is 5.57 Å². The molecule has 1 atom stereocenters. The Hall–Kier alpha value is -2.65. The summed E-state index contributed by atoms with van der Waals surface area (Å²) in [7, 11) is 1.70. The number of hydrogen-bond acceptors (Lipinski definition) is 6. The Balaban J connectivity index is 3.30. The number of nitrogens with two attached hydrogens (primary N) is 3. The van der Waals surface area contributed by atoms with Crippen LogP contribution in [0.4, 0.5) is 14.5 Å². The maximum absolute atomic E-state index is 13.9. The normalized spacial score (nSPS) is 13.6. The number of halogens is 2. The van der Waals surface area contributed by atoms with Crippen molar-refractivity contribution in [1.82, 2.24) is 10.6 Å². The minimum atomic E-state index is -2.67. The molecule has 174 valence electrons. The third kappa shape index (κ3) is 7.84. The van der Waals surface area contributed by atoms with Crippen molar-refractivity contribution in [2.45, 2.75) is 52.6 Å². The molecule has 0 saturated heterocycles. The van der Waals surface area contributed by atoms with Crippen LogP contribution < -0.4 is 33.2 Å². The fourth-order valence-electron chi connectivity index (χ4n) is 3.20. The second kappa shape index (κ2) is 12.9. The molecule has 1 aromatic rings. The first kappa shape index (κ1) is 26.4. The quantitative estimate of drug-likeness (QED) is 0.278. The topological polar surface area (TPSA) is 131 Å². The lowest BCUT2D eigenvalue weighted by atomic mass is 9.94. The summed E-state index contributed by atoms with van der Waals surface area (Å²) in [5.41, 5.74) is 21.8. The van der Waals surface area contributed by atoms with Crippen LogP contribution in [-0.2, 0) is 11.2 Å². The first-order valence-electron chi connectivity index (χ1n) is 10.4. The molecule has 1 rings (SSSR count). The fraction of sp³-hybridized carbons (Fsp3) is 0.500. The van der Waals surface area contributed by atoms with Crippen LogP contribution in [0.1, 0.15) is 56.7 Å². The zero-order valence-corrected chi connectivity index (χ0v) is 18.8. The summed E-state index contributed by atoms with van der Waals surface area (Å²) in [5.74, 6) is -0.138. The van der Waals surface area contributed by atoms with E-state index in [1.807, 2.05) is 6.92 Å². The Bertz CT molecular complexity index is 807. The number of carbonyl (C=O) groups excluding carboxylic acids is 1. The molecule has 0 saturated carbocycles. The summed E-state index contributed by atoms with van der Waals surface area (Å²) < 4.78 is 27.8. The number of alkyl halides is 2. The van der Waals surface area contributed by atoms with Gasteiger partial charge in [-0.2, -0.15) is 0 Å². The molecule has 0 aromatic heterocycles. The first-order valence-corrected chi connectivity index (χ1v) is 10.4. The lowest BCUT2D eigenvalue weighted by Crippen LogP contribution is -2.33. The van der Waals surface area contributed by atoms with Gasteiger partial charge in [-0.15, -0.1) is 0 Å². The van der Waals surface area contributed by atoms with Crippen LogP contribution in [0, 0.1) is 0 Å². The van der Waals surface area contributed by atoms with Crippen molar-refractivity contribution in [3.8, 4) is 0 Å². The summed E-state index contributed by atoms with van der Waals surface area (Å²) >= 11 is 0. The van der Waals surface area contributed by atoms with Crippen molar-refractivity contribution in [3.63, 3.8) is 0 Å². The van der Waals surface area contributed by atoms with E-state index >= 15 is 0 Å². The van der Waals surface area contributed by atoms with Crippen LogP contribution in [0.3, 0.4) is 0 Å². The van der Waals surface area contributed by atoms with Gasteiger partial charge in [-0.3, -0.25) is 4.79 Å². The molecule has 0 aliphatic heterocycles. The van der Waals surface area contributed by atoms with Crippen molar-refractivity contribution in [2.24, 2.45) is 17.2 Å². The number of nitrogens with one attached hydrogen (secondary N) is 3. The van der Waals surface area contributed by atoms with Crippen LogP contribution in [0.5, 0.6) is 0 Å². The molecule has 0 aliphatic carbocycles. The number of anilines is 1. The van der Waals surface area contributed by atoms with Gasteiger partial charge in [0.15, 0.2) is 0 Å². The van der Waals surface area contributed by atoms with Gasteiger partial charge in [-0.25, -0.2) is 8.78 Å². The van der Waals surface area contributed by atoms with Gasteiger partial charge in [-0.05, 0) is 47.8 Å². The minimum Gasteiger partial charge on any atom is -0.402 e. The molecule has 9 N–H and O–H groups in total. The third-order valence-corrected chi connectivity index (χ3v) is 4.97. The molecule has 0 spiro atoms. The summed E-state index contributed by atoms with van der Waals surface area (Å²) in [5, 5.41) is 8.68. The van der Waals surface area contributed by atoms with Crippen molar-refractivity contribution in [1.29, 1.82) is 0 Å². The number of rotatable bonds is 12. The molecule has 0 fully saturated rings. The molecule has 0 bridgehead atoms. The molecule has 0 heterocycles. The Kier molecular flexibility index (Phi) is 11.0. The van der Waals surface area contributed by atoms with Crippen LogP contribution in [-0.4, -0.2) is 32.2 Å². The molecule has 1 amide bonds. The Labute approximate surface area is 183 Å². The third-order valence-electron chi connectivity index (χ3n) is 4.97. The van der Waals surface area contributed by atoms with Crippen molar-refractivity contribution in [3.05, 3.63) is 46.3 Å². The summed E-state index contributed by atoms with van der Waals surface area (Å²) in [4.78, 5) is 11.0. The molecular formula is C22H36F2N6O. The molecule has 1 aromatic carbocycles. The molecule has 0 aliphatic rings. The zero-order valence-electron chi connectivity index (χ0n) is 18.8. The van der Waals surface area contributed by atoms with Crippen LogP contribution in [0.15, 0.2) is 29.6 Å². The minimum absolute atomic E-state index is 0.109. The molecular weight excluding hydrogens is 402 g/mol. The number of hydrogen-bond donors (Lipinski definition) is 6. The smallest absolute Gasteiger partial charge is 0.264 e. The summed E-state index contributed by atoms with van der Waals surface area (Å²) in [6.07, 6.45) is 0.263. The van der Waals surface area contributed by atoms with Crippen molar-refractivity contribution in [2.75, 3.05) is 25.5 Å². The molecule has 31 heavy (non-hydrogen) atoms. The van der Waals surface area contributed by atoms with Gasteiger partial charge >= 0.3 is 0 Å². The summed E-state index contributed by atoms with van der Waals surface area (Å²) in [6, 6.07) is 3.21. The van der Waals surface area contributed by atoms with Crippen LogP contribution in [0.2, 0.25) is 0 Å². The average molecular weight is 439 g/mol. The predicted octanol–water partition coefficient (Wildman–Crippen LogP) is 2.55. The average Bonchev–Trinajstić information content (AvgIpc) is 2.71. The van der Waals surface area contributed by atoms with Gasteiger partial charge in [0.05, 0.1) is 6.17 Å². The lowest BCUT2D eigenvalue weighted by molar-refractivity contribution is -0.118. The van der Waals surface area contributed by atoms with Gasteiger partial charge in [0.25, 0.3) is 6.43 Å². The van der Waals surface area contributed by atoms with Gasteiger partial charge in [0.1, 0.15) is 0 Å². The predicted molar refractivity (Wildman–Crippen MR) is 123 cm³/mol. The molecule has 7 nitrogen and oxygen atoms in total. The maximum atomic E-state index is 13.9. The fourth-order valence-corrected chi connectivity index (χ4v) is 3.20. The van der Waals surface area contributed by atoms with Gasteiger partial charge in [0.2, 0.25) is 5.91 Å². The largest absolute Gasteiger partial charge is 0.402 e. The second-order valence-corrected chi connectivity index (χ2v) is 7.37. The summed E-state index contributed by atoms with van der Waals surface area (Å²) in [6.45, 7) is 5.76. The lowest BCUT2D eigenvalue weighted by Gasteiger charge is -2.23. The van der Waals surface area contributed by atoms with E-state index < -0.39 is 12.6 Å². The highest BCUT2D eigenvalue weighted by molar-refractivity contribution is 5.74. The van der Waals surface area contributed by atoms with Gasteiger partial charge in [0, 0.05) is 56.6 Å². The monoisotopic (exact) mass is 438 g/mol. The molecule has 1 unspecified atom stereocenters. The second-order valence-electron chi connectivity index (χ2n) is 7.37. The highest BCUT2D eigenvalue weighted by Gasteiger charge is 2.20.